The second-order valence-corrected chi connectivity index (χ2v) is 9.25. The number of fused-ring (bicyclic) bond motifs is 1. The highest BCUT2D eigenvalue weighted by Crippen LogP contribution is 2.33. The van der Waals surface area contributed by atoms with Gasteiger partial charge in [0.25, 0.3) is 5.91 Å². The van der Waals surface area contributed by atoms with Crippen molar-refractivity contribution in [3.05, 3.63) is 59.2 Å². The van der Waals surface area contributed by atoms with Crippen LogP contribution in [0.25, 0.3) is 0 Å². The van der Waals surface area contributed by atoms with E-state index < -0.39 is 11.4 Å². The lowest BCUT2D eigenvalue weighted by Crippen LogP contribution is -2.47. The first-order valence-corrected chi connectivity index (χ1v) is 11.0. The minimum Gasteiger partial charge on any atom is -0.381 e. The van der Waals surface area contributed by atoms with Crippen LogP contribution in [0, 0.1) is 5.82 Å². The lowest BCUT2D eigenvalue weighted by molar-refractivity contribution is -0.137. The van der Waals surface area contributed by atoms with E-state index in [1.54, 1.807) is 4.90 Å². The topological polar surface area (TPSA) is 94.6 Å². The molecule has 0 atom stereocenters. The summed E-state index contributed by atoms with van der Waals surface area (Å²) in [4.78, 5) is 30.2. The predicted octanol–water partition coefficient (Wildman–Crippen LogP) is 3.68. The minimum absolute atomic E-state index is 0.0938. The number of pyridine rings is 1. The molecule has 1 aromatic heterocycles. The number of benzene rings is 1. The molecule has 1 fully saturated rings. The molecule has 1 aliphatic carbocycles. The van der Waals surface area contributed by atoms with E-state index in [0.717, 1.165) is 36.9 Å². The Hall–Kier alpha value is -3.00. The van der Waals surface area contributed by atoms with Crippen LogP contribution in [-0.4, -0.2) is 38.6 Å². The van der Waals surface area contributed by atoms with Gasteiger partial charge >= 0.3 is 6.03 Å². The summed E-state index contributed by atoms with van der Waals surface area (Å²) in [6.45, 7) is 3.70. The van der Waals surface area contributed by atoms with Gasteiger partial charge in [0.05, 0.1) is 18.4 Å². The van der Waals surface area contributed by atoms with Crippen LogP contribution < -0.4 is 10.6 Å². The molecule has 2 aliphatic rings. The average Bonchev–Trinajstić information content (AvgIpc) is 3.17. The van der Waals surface area contributed by atoms with E-state index in [2.05, 4.69) is 15.6 Å². The summed E-state index contributed by atoms with van der Waals surface area (Å²) in [5, 5.41) is 15.6. The highest BCUT2D eigenvalue weighted by Gasteiger charge is 2.29. The maximum Gasteiger partial charge on any atom is 0.322 e. The molecule has 0 saturated heterocycles. The Morgan fingerprint density at radius 3 is 2.47 bits per heavy atom. The molecule has 1 aliphatic heterocycles. The fourth-order valence-electron chi connectivity index (χ4n) is 4.35. The van der Waals surface area contributed by atoms with Crippen LogP contribution in [0.15, 0.2) is 36.5 Å². The second kappa shape index (κ2) is 8.86. The summed E-state index contributed by atoms with van der Waals surface area (Å²) in [7, 11) is 0. The van der Waals surface area contributed by atoms with Crippen molar-refractivity contribution in [1.29, 1.82) is 0 Å². The summed E-state index contributed by atoms with van der Waals surface area (Å²) >= 11 is 0. The Balaban J connectivity index is 1.28. The number of urea groups is 1. The highest BCUT2D eigenvalue weighted by atomic mass is 19.1. The van der Waals surface area contributed by atoms with Crippen LogP contribution in [0.2, 0.25) is 0 Å². The number of aliphatic hydroxyl groups is 1. The summed E-state index contributed by atoms with van der Waals surface area (Å²) in [6, 6.07) is 9.15. The third-order valence-electron chi connectivity index (χ3n) is 6.27. The van der Waals surface area contributed by atoms with Crippen molar-refractivity contribution in [3.63, 3.8) is 0 Å². The SMILES string of the molecule is CC(C)(O)C(=O)NC1CCC(c2ccc(NC(=O)N3Cc4cc(F)cnc4C3)cc2)CC1. The van der Waals surface area contributed by atoms with Gasteiger partial charge in [-0.05, 0) is 74.8 Å². The third kappa shape index (κ3) is 5.07. The summed E-state index contributed by atoms with van der Waals surface area (Å²) in [5.41, 5.74) is 2.03. The first-order chi connectivity index (χ1) is 15.2. The molecule has 170 valence electrons. The van der Waals surface area contributed by atoms with Crippen molar-refractivity contribution in [3.8, 4) is 0 Å². The molecule has 3 amide bonds. The summed E-state index contributed by atoms with van der Waals surface area (Å²) in [5.74, 6) is -0.317. The van der Waals surface area contributed by atoms with Crippen molar-refractivity contribution >= 4 is 17.6 Å². The number of aromatic nitrogens is 1. The number of hydrogen-bond donors (Lipinski definition) is 3. The standard InChI is InChI=1S/C24H29FN4O3/c1-24(2,32)22(30)27-19-7-3-15(4-8-19)16-5-9-20(10-6-16)28-23(31)29-13-17-11-18(25)12-26-21(17)14-29/h5-6,9-12,15,19,32H,3-4,7-8,13-14H2,1-2H3,(H,27,30)(H,28,31). The molecule has 0 bridgehead atoms. The van der Waals surface area contributed by atoms with Crippen LogP contribution >= 0.6 is 0 Å². The van der Waals surface area contributed by atoms with Crippen LogP contribution in [-0.2, 0) is 17.9 Å². The van der Waals surface area contributed by atoms with Crippen molar-refractivity contribution in [2.24, 2.45) is 0 Å². The van der Waals surface area contributed by atoms with Crippen LogP contribution in [0.3, 0.4) is 0 Å². The molecule has 7 nitrogen and oxygen atoms in total. The van der Waals surface area contributed by atoms with Gasteiger partial charge in [-0.15, -0.1) is 0 Å². The normalized spacial score (nSPS) is 20.6. The van der Waals surface area contributed by atoms with Crippen LogP contribution in [0.1, 0.15) is 62.3 Å². The number of anilines is 1. The fraction of sp³-hybridized carbons (Fsp3) is 0.458. The summed E-state index contributed by atoms with van der Waals surface area (Å²) in [6.07, 6.45) is 4.83. The maximum atomic E-state index is 13.3. The Labute approximate surface area is 187 Å². The van der Waals surface area contributed by atoms with Gasteiger partial charge in [-0.1, -0.05) is 12.1 Å². The zero-order valence-electron chi connectivity index (χ0n) is 18.4. The molecule has 32 heavy (non-hydrogen) atoms. The van der Waals surface area contributed by atoms with E-state index in [4.69, 9.17) is 0 Å². The molecular formula is C24H29FN4O3. The highest BCUT2D eigenvalue weighted by molar-refractivity contribution is 5.89. The lowest BCUT2D eigenvalue weighted by atomic mass is 9.81. The van der Waals surface area contributed by atoms with Crippen molar-refractivity contribution in [2.45, 2.75) is 70.2 Å². The number of carbonyl (C=O) groups is 2. The largest absolute Gasteiger partial charge is 0.381 e. The van der Waals surface area contributed by atoms with Crippen molar-refractivity contribution < 1.29 is 19.1 Å². The number of amides is 3. The molecule has 3 N–H and O–H groups in total. The fourth-order valence-corrected chi connectivity index (χ4v) is 4.35. The minimum atomic E-state index is -1.36. The number of nitrogens with one attached hydrogen (secondary N) is 2. The number of rotatable bonds is 4. The molecule has 4 rings (SSSR count). The molecule has 2 heterocycles. The quantitative estimate of drug-likeness (QED) is 0.676. The smallest absolute Gasteiger partial charge is 0.322 e. The first kappa shape index (κ1) is 22.2. The van der Waals surface area contributed by atoms with E-state index in [0.29, 0.717) is 24.7 Å². The van der Waals surface area contributed by atoms with E-state index in [1.807, 2.05) is 24.3 Å². The molecule has 1 saturated carbocycles. The van der Waals surface area contributed by atoms with Gasteiger partial charge in [0.1, 0.15) is 11.4 Å². The number of halogens is 1. The Morgan fingerprint density at radius 1 is 1.12 bits per heavy atom. The van der Waals surface area contributed by atoms with Crippen molar-refractivity contribution in [2.75, 3.05) is 5.32 Å². The van der Waals surface area contributed by atoms with Gasteiger partial charge in [0.15, 0.2) is 0 Å². The van der Waals surface area contributed by atoms with E-state index in [1.165, 1.54) is 31.7 Å². The van der Waals surface area contributed by atoms with E-state index in [9.17, 15) is 19.1 Å². The molecule has 2 aromatic rings. The molecular weight excluding hydrogens is 411 g/mol. The number of nitrogens with zero attached hydrogens (tertiary/aromatic N) is 2. The van der Waals surface area contributed by atoms with Gasteiger partial charge in [0, 0.05) is 18.3 Å². The van der Waals surface area contributed by atoms with Gasteiger partial charge in [-0.3, -0.25) is 9.78 Å². The Kier molecular flexibility index (Phi) is 6.15. The third-order valence-corrected chi connectivity index (χ3v) is 6.27. The number of carbonyl (C=O) groups excluding carboxylic acids is 2. The maximum absolute atomic E-state index is 13.3. The van der Waals surface area contributed by atoms with Crippen LogP contribution in [0.5, 0.6) is 0 Å². The van der Waals surface area contributed by atoms with Crippen molar-refractivity contribution in [1.82, 2.24) is 15.2 Å². The summed E-state index contributed by atoms with van der Waals surface area (Å²) < 4.78 is 13.3. The second-order valence-electron chi connectivity index (χ2n) is 9.25. The lowest BCUT2D eigenvalue weighted by Gasteiger charge is -2.31. The molecule has 1 aromatic carbocycles. The van der Waals surface area contributed by atoms with E-state index >= 15 is 0 Å². The molecule has 8 heteroatoms. The molecule has 0 unspecified atom stereocenters. The van der Waals surface area contributed by atoms with Crippen LogP contribution in [0.4, 0.5) is 14.9 Å². The van der Waals surface area contributed by atoms with Gasteiger partial charge < -0.3 is 20.6 Å². The molecule has 0 radical (unpaired) electrons. The van der Waals surface area contributed by atoms with E-state index in [-0.39, 0.29) is 18.0 Å². The zero-order valence-corrected chi connectivity index (χ0v) is 18.4. The molecule has 0 spiro atoms. The predicted molar refractivity (Wildman–Crippen MR) is 118 cm³/mol. The Bertz CT molecular complexity index is 995. The monoisotopic (exact) mass is 440 g/mol. The zero-order chi connectivity index (χ0) is 22.9. The first-order valence-electron chi connectivity index (χ1n) is 11.0. The van der Waals surface area contributed by atoms with Gasteiger partial charge in [0.2, 0.25) is 0 Å². The average molecular weight is 441 g/mol. The van der Waals surface area contributed by atoms with Gasteiger partial charge in [-0.2, -0.15) is 0 Å². The number of hydrogen-bond acceptors (Lipinski definition) is 4. The van der Waals surface area contributed by atoms with Gasteiger partial charge in [-0.25, -0.2) is 9.18 Å². The Morgan fingerprint density at radius 2 is 1.81 bits per heavy atom.